The van der Waals surface area contributed by atoms with Gasteiger partial charge in [-0.2, -0.15) is 0 Å². The maximum Gasteiger partial charge on any atom is 0.213 e. The van der Waals surface area contributed by atoms with E-state index in [4.69, 9.17) is 10.5 Å². The second-order valence-electron chi connectivity index (χ2n) is 6.25. The first kappa shape index (κ1) is 18.3. The molecule has 2 aliphatic rings. The zero-order chi connectivity index (χ0) is 15.2. The largest absolute Gasteiger partial charge is 0.474 e. The molecule has 0 radical (unpaired) electrons. The molecule has 0 atom stereocenters. The van der Waals surface area contributed by atoms with E-state index in [2.05, 4.69) is 14.9 Å². The zero-order valence-electron chi connectivity index (χ0n) is 13.6. The molecule has 1 aliphatic carbocycles. The molecule has 128 valence electrons. The van der Waals surface area contributed by atoms with E-state index >= 15 is 0 Å². The number of halogens is 1. The fraction of sp³-hybridized carbons (Fsp3) is 0.647. The molecule has 5 nitrogen and oxygen atoms in total. The molecule has 1 saturated carbocycles. The number of rotatable bonds is 4. The van der Waals surface area contributed by atoms with Gasteiger partial charge in [0.15, 0.2) is 5.96 Å². The smallest absolute Gasteiger partial charge is 0.213 e. The molecule has 2 fully saturated rings. The van der Waals surface area contributed by atoms with Gasteiger partial charge in [0.1, 0.15) is 6.10 Å². The third-order valence-electron chi connectivity index (χ3n) is 4.49. The van der Waals surface area contributed by atoms with Crippen LogP contribution >= 0.6 is 24.0 Å². The summed E-state index contributed by atoms with van der Waals surface area (Å²) in [5.74, 6) is 1.38. The van der Waals surface area contributed by atoms with Gasteiger partial charge < -0.3 is 15.4 Å². The Hall–Kier alpha value is -1.05. The summed E-state index contributed by atoms with van der Waals surface area (Å²) in [5, 5.41) is 0. The second kappa shape index (κ2) is 9.30. The van der Waals surface area contributed by atoms with E-state index in [-0.39, 0.29) is 24.0 Å². The molecule has 2 heterocycles. The molecule has 1 aromatic rings. The zero-order valence-corrected chi connectivity index (χ0v) is 15.9. The van der Waals surface area contributed by atoms with Crippen molar-refractivity contribution in [3.8, 4) is 5.88 Å². The van der Waals surface area contributed by atoms with Crippen LogP contribution in [0.2, 0.25) is 0 Å². The number of hydrogen-bond donors (Lipinski definition) is 1. The van der Waals surface area contributed by atoms with Gasteiger partial charge in [-0.25, -0.2) is 9.98 Å². The molecule has 0 amide bonds. The summed E-state index contributed by atoms with van der Waals surface area (Å²) in [4.78, 5) is 11.0. The lowest BCUT2D eigenvalue weighted by Crippen LogP contribution is -2.38. The predicted molar refractivity (Wildman–Crippen MR) is 103 cm³/mol. The van der Waals surface area contributed by atoms with Crippen LogP contribution in [-0.4, -0.2) is 35.0 Å². The molecule has 0 unspecified atom stereocenters. The Bertz CT molecular complexity index is 511. The third kappa shape index (κ3) is 5.51. The van der Waals surface area contributed by atoms with Gasteiger partial charge in [-0.1, -0.05) is 12.8 Å². The van der Waals surface area contributed by atoms with Crippen molar-refractivity contribution in [1.82, 2.24) is 9.88 Å². The maximum absolute atomic E-state index is 6.14. The van der Waals surface area contributed by atoms with Crippen molar-refractivity contribution in [2.75, 3.05) is 13.1 Å². The van der Waals surface area contributed by atoms with Gasteiger partial charge >= 0.3 is 0 Å². The van der Waals surface area contributed by atoms with E-state index in [1.165, 1.54) is 32.1 Å². The monoisotopic (exact) mass is 430 g/mol. The van der Waals surface area contributed by atoms with Gasteiger partial charge in [0, 0.05) is 25.4 Å². The SMILES string of the molecule is I.NC(=NCc1ccnc(OC2CCC2)c1)N1CCCCCC1. The summed E-state index contributed by atoms with van der Waals surface area (Å²) in [7, 11) is 0. The van der Waals surface area contributed by atoms with Crippen molar-refractivity contribution in [2.45, 2.75) is 57.6 Å². The van der Waals surface area contributed by atoms with Crippen molar-refractivity contribution < 1.29 is 4.74 Å². The van der Waals surface area contributed by atoms with Crippen LogP contribution in [0.25, 0.3) is 0 Å². The lowest BCUT2D eigenvalue weighted by molar-refractivity contribution is 0.114. The van der Waals surface area contributed by atoms with Crippen LogP contribution in [0.4, 0.5) is 0 Å². The number of hydrogen-bond acceptors (Lipinski definition) is 3. The minimum atomic E-state index is 0. The van der Waals surface area contributed by atoms with E-state index in [0.717, 1.165) is 31.5 Å². The van der Waals surface area contributed by atoms with Gasteiger partial charge in [-0.15, -0.1) is 24.0 Å². The lowest BCUT2D eigenvalue weighted by Gasteiger charge is -2.25. The standard InChI is InChI=1S/C17H26N4O.HI/c18-17(21-10-3-1-2-4-11-21)20-13-14-8-9-19-16(12-14)22-15-6-5-7-15;/h8-9,12,15H,1-7,10-11,13H2,(H2,18,20);1H. The summed E-state index contributed by atoms with van der Waals surface area (Å²) >= 11 is 0. The van der Waals surface area contributed by atoms with Crippen LogP contribution in [0.1, 0.15) is 50.5 Å². The number of likely N-dealkylation sites (tertiary alicyclic amines) is 1. The summed E-state index contributed by atoms with van der Waals surface area (Å²) < 4.78 is 5.83. The van der Waals surface area contributed by atoms with E-state index in [1.807, 2.05) is 12.1 Å². The van der Waals surface area contributed by atoms with Crippen LogP contribution in [-0.2, 0) is 6.54 Å². The predicted octanol–water partition coefficient (Wildman–Crippen LogP) is 3.32. The normalized spacial score (nSPS) is 19.5. The van der Waals surface area contributed by atoms with Crippen molar-refractivity contribution in [2.24, 2.45) is 10.7 Å². The highest BCUT2D eigenvalue weighted by atomic mass is 127. The first-order chi connectivity index (χ1) is 10.8. The number of nitrogens with zero attached hydrogens (tertiary/aromatic N) is 3. The number of nitrogens with two attached hydrogens (primary N) is 1. The Morgan fingerprint density at radius 1 is 1.22 bits per heavy atom. The highest BCUT2D eigenvalue weighted by Crippen LogP contribution is 2.24. The van der Waals surface area contributed by atoms with Crippen molar-refractivity contribution in [1.29, 1.82) is 0 Å². The number of ether oxygens (including phenoxy) is 1. The Kier molecular flexibility index (Phi) is 7.39. The molecular formula is C17H27IN4O. The fourth-order valence-corrected chi connectivity index (χ4v) is 2.84. The first-order valence-corrected chi connectivity index (χ1v) is 8.48. The van der Waals surface area contributed by atoms with Crippen molar-refractivity contribution in [3.05, 3.63) is 23.9 Å². The quantitative estimate of drug-likeness (QED) is 0.452. The fourth-order valence-electron chi connectivity index (χ4n) is 2.84. The Morgan fingerprint density at radius 3 is 2.61 bits per heavy atom. The summed E-state index contributed by atoms with van der Waals surface area (Å²) in [6.07, 6.45) is 10.7. The van der Waals surface area contributed by atoms with Crippen molar-refractivity contribution in [3.63, 3.8) is 0 Å². The minimum absolute atomic E-state index is 0. The topological polar surface area (TPSA) is 63.7 Å². The Labute approximate surface area is 155 Å². The van der Waals surface area contributed by atoms with E-state index in [1.54, 1.807) is 6.20 Å². The molecule has 0 aromatic carbocycles. The van der Waals surface area contributed by atoms with Gasteiger partial charge in [-0.3, -0.25) is 0 Å². The molecule has 1 aromatic heterocycles. The molecular weight excluding hydrogens is 403 g/mol. The average molecular weight is 430 g/mol. The lowest BCUT2D eigenvalue weighted by atomic mass is 9.96. The highest BCUT2D eigenvalue weighted by Gasteiger charge is 2.19. The minimum Gasteiger partial charge on any atom is -0.474 e. The summed E-state index contributed by atoms with van der Waals surface area (Å²) in [5.41, 5.74) is 7.24. The van der Waals surface area contributed by atoms with Crippen LogP contribution in [0.3, 0.4) is 0 Å². The van der Waals surface area contributed by atoms with Gasteiger partial charge in [0.25, 0.3) is 0 Å². The summed E-state index contributed by atoms with van der Waals surface area (Å²) in [6, 6.07) is 3.96. The van der Waals surface area contributed by atoms with E-state index in [9.17, 15) is 0 Å². The average Bonchev–Trinajstić information content (AvgIpc) is 2.78. The molecule has 0 bridgehead atoms. The van der Waals surface area contributed by atoms with Crippen LogP contribution < -0.4 is 10.5 Å². The van der Waals surface area contributed by atoms with Crippen LogP contribution in [0, 0.1) is 0 Å². The van der Waals surface area contributed by atoms with E-state index in [0.29, 0.717) is 24.5 Å². The third-order valence-corrected chi connectivity index (χ3v) is 4.49. The molecule has 1 aliphatic heterocycles. The van der Waals surface area contributed by atoms with E-state index < -0.39 is 0 Å². The van der Waals surface area contributed by atoms with Gasteiger partial charge in [0.05, 0.1) is 6.54 Å². The number of aliphatic imine (C=N–C) groups is 1. The molecule has 3 rings (SSSR count). The Balaban J connectivity index is 0.00000192. The number of guanidine groups is 1. The van der Waals surface area contributed by atoms with Crippen LogP contribution in [0.5, 0.6) is 5.88 Å². The highest BCUT2D eigenvalue weighted by molar-refractivity contribution is 14.0. The van der Waals surface area contributed by atoms with Crippen molar-refractivity contribution >= 4 is 29.9 Å². The second-order valence-corrected chi connectivity index (χ2v) is 6.25. The summed E-state index contributed by atoms with van der Waals surface area (Å²) in [6.45, 7) is 2.65. The molecule has 23 heavy (non-hydrogen) atoms. The number of pyridine rings is 1. The molecule has 2 N–H and O–H groups in total. The Morgan fingerprint density at radius 2 is 1.96 bits per heavy atom. The van der Waals surface area contributed by atoms with Gasteiger partial charge in [-0.05, 0) is 43.7 Å². The molecule has 0 spiro atoms. The number of aromatic nitrogens is 1. The van der Waals surface area contributed by atoms with Gasteiger partial charge in [0.2, 0.25) is 5.88 Å². The van der Waals surface area contributed by atoms with Crippen LogP contribution in [0.15, 0.2) is 23.3 Å². The maximum atomic E-state index is 6.14. The molecule has 1 saturated heterocycles. The molecule has 6 heteroatoms. The first-order valence-electron chi connectivity index (χ1n) is 8.48.